The normalized spacial score (nSPS) is 30.0. The van der Waals surface area contributed by atoms with Crippen LogP contribution >= 0.6 is 0 Å². The molecule has 1 aromatic heterocycles. The quantitative estimate of drug-likeness (QED) is 0.910. The van der Waals surface area contributed by atoms with Crippen LogP contribution in [-0.2, 0) is 5.60 Å². The SMILES string of the molecule is OC1(c2ccccc2)CCN(c2ccc(F)cn2)[C@@H]2CCCC[C@@H]21. The van der Waals surface area contributed by atoms with E-state index in [9.17, 15) is 9.50 Å². The molecule has 126 valence electrons. The lowest BCUT2D eigenvalue weighted by atomic mass is 9.66. The first kappa shape index (κ1) is 15.6. The number of aromatic nitrogens is 1. The van der Waals surface area contributed by atoms with Gasteiger partial charge in [0, 0.05) is 18.5 Å². The summed E-state index contributed by atoms with van der Waals surface area (Å²) in [7, 11) is 0. The fraction of sp³-hybridized carbons (Fsp3) is 0.450. The maximum atomic E-state index is 13.2. The molecule has 1 saturated carbocycles. The van der Waals surface area contributed by atoms with Crippen LogP contribution in [-0.4, -0.2) is 22.7 Å². The number of halogens is 1. The van der Waals surface area contributed by atoms with Crippen LogP contribution in [0.2, 0.25) is 0 Å². The first-order valence-corrected chi connectivity index (χ1v) is 8.84. The number of pyridine rings is 1. The van der Waals surface area contributed by atoms with Gasteiger partial charge in [0.2, 0.25) is 0 Å². The van der Waals surface area contributed by atoms with Gasteiger partial charge in [0.25, 0.3) is 0 Å². The van der Waals surface area contributed by atoms with Crippen molar-refractivity contribution in [1.82, 2.24) is 4.98 Å². The summed E-state index contributed by atoms with van der Waals surface area (Å²) in [5.74, 6) is 0.703. The van der Waals surface area contributed by atoms with Crippen molar-refractivity contribution in [3.63, 3.8) is 0 Å². The highest BCUT2D eigenvalue weighted by Crippen LogP contribution is 2.47. The monoisotopic (exact) mass is 326 g/mol. The first-order chi connectivity index (χ1) is 11.7. The maximum Gasteiger partial charge on any atom is 0.141 e. The topological polar surface area (TPSA) is 36.4 Å². The highest BCUT2D eigenvalue weighted by Gasteiger charge is 2.49. The molecule has 0 amide bonds. The molecule has 0 radical (unpaired) electrons. The molecule has 1 aliphatic carbocycles. The van der Waals surface area contributed by atoms with E-state index < -0.39 is 5.60 Å². The zero-order valence-corrected chi connectivity index (χ0v) is 13.7. The predicted octanol–water partition coefficient (Wildman–Crippen LogP) is 3.88. The molecule has 3 nitrogen and oxygen atoms in total. The van der Waals surface area contributed by atoms with Crippen molar-refractivity contribution in [2.45, 2.75) is 43.7 Å². The van der Waals surface area contributed by atoms with Crippen molar-refractivity contribution in [2.24, 2.45) is 5.92 Å². The Morgan fingerprint density at radius 1 is 1.08 bits per heavy atom. The van der Waals surface area contributed by atoms with Crippen LogP contribution in [0.1, 0.15) is 37.7 Å². The zero-order valence-electron chi connectivity index (χ0n) is 13.7. The highest BCUT2D eigenvalue weighted by atomic mass is 19.1. The van der Waals surface area contributed by atoms with Crippen LogP contribution in [0.3, 0.4) is 0 Å². The minimum absolute atomic E-state index is 0.189. The summed E-state index contributed by atoms with van der Waals surface area (Å²) >= 11 is 0. The molecule has 2 aliphatic rings. The zero-order chi connectivity index (χ0) is 16.6. The third kappa shape index (κ3) is 2.59. The lowest BCUT2D eigenvalue weighted by molar-refractivity contribution is -0.0690. The summed E-state index contributed by atoms with van der Waals surface area (Å²) in [5.41, 5.74) is 0.247. The van der Waals surface area contributed by atoms with Gasteiger partial charge in [-0.2, -0.15) is 0 Å². The molecule has 4 rings (SSSR count). The van der Waals surface area contributed by atoms with E-state index in [-0.39, 0.29) is 17.8 Å². The Hall–Kier alpha value is -1.94. The van der Waals surface area contributed by atoms with Gasteiger partial charge in [-0.1, -0.05) is 43.2 Å². The molecule has 1 saturated heterocycles. The summed E-state index contributed by atoms with van der Waals surface area (Å²) in [5, 5.41) is 11.5. The fourth-order valence-corrected chi connectivity index (χ4v) is 4.59. The van der Waals surface area contributed by atoms with E-state index in [1.165, 1.54) is 18.7 Å². The average Bonchev–Trinajstić information content (AvgIpc) is 2.64. The Morgan fingerprint density at radius 3 is 2.62 bits per heavy atom. The number of piperidine rings is 1. The van der Waals surface area contributed by atoms with Crippen LogP contribution < -0.4 is 4.90 Å². The van der Waals surface area contributed by atoms with Crippen molar-refractivity contribution in [3.05, 3.63) is 60.0 Å². The molecule has 2 heterocycles. The highest BCUT2D eigenvalue weighted by molar-refractivity contribution is 5.42. The van der Waals surface area contributed by atoms with E-state index in [4.69, 9.17) is 0 Å². The van der Waals surface area contributed by atoms with Crippen molar-refractivity contribution < 1.29 is 9.50 Å². The molecule has 1 aromatic carbocycles. The van der Waals surface area contributed by atoms with Gasteiger partial charge in [-0.05, 0) is 37.0 Å². The number of benzene rings is 1. The summed E-state index contributed by atoms with van der Waals surface area (Å²) in [6.07, 6.45) is 6.36. The van der Waals surface area contributed by atoms with Crippen molar-refractivity contribution in [1.29, 1.82) is 0 Å². The Balaban J connectivity index is 1.68. The molecule has 1 N–H and O–H groups in total. The van der Waals surface area contributed by atoms with Gasteiger partial charge < -0.3 is 10.0 Å². The van der Waals surface area contributed by atoms with Crippen LogP contribution in [0, 0.1) is 11.7 Å². The van der Waals surface area contributed by atoms with Crippen LogP contribution in [0.15, 0.2) is 48.7 Å². The standard InChI is InChI=1S/C20H23FN2O/c21-16-10-11-19(22-14-16)23-13-12-20(24,15-6-2-1-3-7-15)17-8-4-5-9-18(17)23/h1-3,6-7,10-11,14,17-18,24H,4-5,8-9,12-13H2/t17-,18+,20?/m0/s1. The third-order valence-electron chi connectivity index (χ3n) is 5.76. The number of nitrogens with zero attached hydrogens (tertiary/aromatic N) is 2. The Bertz CT molecular complexity index is 691. The molecule has 0 spiro atoms. The average molecular weight is 326 g/mol. The Labute approximate surface area is 142 Å². The van der Waals surface area contributed by atoms with Crippen molar-refractivity contribution in [2.75, 3.05) is 11.4 Å². The lowest BCUT2D eigenvalue weighted by Crippen LogP contribution is -2.57. The summed E-state index contributed by atoms with van der Waals surface area (Å²) < 4.78 is 13.2. The second-order valence-electron chi connectivity index (χ2n) is 7.03. The second-order valence-corrected chi connectivity index (χ2v) is 7.03. The predicted molar refractivity (Wildman–Crippen MR) is 92.2 cm³/mol. The van der Waals surface area contributed by atoms with Crippen molar-refractivity contribution >= 4 is 5.82 Å². The molecule has 1 aliphatic heterocycles. The lowest BCUT2D eigenvalue weighted by Gasteiger charge is -2.53. The largest absolute Gasteiger partial charge is 0.385 e. The minimum Gasteiger partial charge on any atom is -0.385 e. The molecule has 0 bridgehead atoms. The fourth-order valence-electron chi connectivity index (χ4n) is 4.59. The molecule has 4 heteroatoms. The van der Waals surface area contributed by atoms with E-state index in [0.717, 1.165) is 37.2 Å². The molecule has 1 unspecified atom stereocenters. The third-order valence-corrected chi connectivity index (χ3v) is 5.76. The number of rotatable bonds is 2. The number of hydrogen-bond donors (Lipinski definition) is 1. The van der Waals surface area contributed by atoms with Gasteiger partial charge in [-0.25, -0.2) is 9.37 Å². The number of aliphatic hydroxyl groups is 1. The van der Waals surface area contributed by atoms with E-state index in [1.54, 1.807) is 6.07 Å². The summed E-state index contributed by atoms with van der Waals surface area (Å²) in [6, 6.07) is 13.6. The van der Waals surface area contributed by atoms with Crippen LogP contribution in [0.4, 0.5) is 10.2 Å². The summed E-state index contributed by atoms with van der Waals surface area (Å²) in [6.45, 7) is 0.741. The Kier molecular flexibility index (Phi) is 4.01. The smallest absolute Gasteiger partial charge is 0.141 e. The number of anilines is 1. The van der Waals surface area contributed by atoms with Gasteiger partial charge in [0.05, 0.1) is 11.8 Å². The molecular weight excluding hydrogens is 303 g/mol. The van der Waals surface area contributed by atoms with Gasteiger partial charge in [0.1, 0.15) is 11.6 Å². The molecular formula is C20H23FN2O. The molecule has 24 heavy (non-hydrogen) atoms. The van der Waals surface area contributed by atoms with E-state index in [0.29, 0.717) is 6.42 Å². The molecule has 2 fully saturated rings. The van der Waals surface area contributed by atoms with Crippen molar-refractivity contribution in [3.8, 4) is 0 Å². The minimum atomic E-state index is -0.775. The van der Waals surface area contributed by atoms with Gasteiger partial charge in [-0.3, -0.25) is 0 Å². The van der Waals surface area contributed by atoms with Gasteiger partial charge in [-0.15, -0.1) is 0 Å². The second kappa shape index (κ2) is 6.17. The maximum absolute atomic E-state index is 13.2. The Morgan fingerprint density at radius 2 is 1.88 bits per heavy atom. The van der Waals surface area contributed by atoms with Crippen LogP contribution in [0.25, 0.3) is 0 Å². The summed E-state index contributed by atoms with van der Waals surface area (Å²) in [4.78, 5) is 6.56. The van der Waals surface area contributed by atoms with Gasteiger partial charge >= 0.3 is 0 Å². The van der Waals surface area contributed by atoms with Crippen LogP contribution in [0.5, 0.6) is 0 Å². The van der Waals surface area contributed by atoms with E-state index in [2.05, 4.69) is 9.88 Å². The number of fused-ring (bicyclic) bond motifs is 1. The molecule has 3 atom stereocenters. The molecule has 2 aromatic rings. The van der Waals surface area contributed by atoms with E-state index in [1.807, 2.05) is 30.3 Å². The van der Waals surface area contributed by atoms with Gasteiger partial charge in [0.15, 0.2) is 0 Å². The number of hydrogen-bond acceptors (Lipinski definition) is 3. The first-order valence-electron chi connectivity index (χ1n) is 8.84. The van der Waals surface area contributed by atoms with E-state index >= 15 is 0 Å².